The molecule has 0 spiro atoms. The highest BCUT2D eigenvalue weighted by atomic mass is 79.9. The molecule has 112 valence electrons. The summed E-state index contributed by atoms with van der Waals surface area (Å²) in [5.41, 5.74) is 0.822. The largest absolute Gasteiger partial charge is 0.388 e. The lowest BCUT2D eigenvalue weighted by atomic mass is 10.1. The Morgan fingerprint density at radius 3 is 2.65 bits per heavy atom. The van der Waals surface area contributed by atoms with E-state index in [-0.39, 0.29) is 0 Å². The number of thioether (sulfide) groups is 1. The van der Waals surface area contributed by atoms with Crippen molar-refractivity contribution in [3.05, 3.63) is 33.3 Å². The molecule has 1 saturated heterocycles. The number of hydrogen-bond donors (Lipinski definition) is 1. The third-order valence-electron chi connectivity index (χ3n) is 3.54. The predicted molar refractivity (Wildman–Crippen MR) is 91.7 cm³/mol. The maximum atomic E-state index is 10.3. The molecule has 0 aromatic heterocycles. The second-order valence-electron chi connectivity index (χ2n) is 5.49. The molecule has 3 unspecified atom stereocenters. The van der Waals surface area contributed by atoms with Crippen molar-refractivity contribution < 1.29 is 5.11 Å². The molecule has 1 aromatic rings. The second-order valence-corrected chi connectivity index (χ2v) is 8.69. The molecular formula is C15H21BrClNOS. The quantitative estimate of drug-likeness (QED) is 0.842. The van der Waals surface area contributed by atoms with Crippen LogP contribution < -0.4 is 0 Å². The zero-order chi connectivity index (χ0) is 14.7. The number of nitrogens with zero attached hydrogens (tertiary/aromatic N) is 1. The van der Waals surface area contributed by atoms with Crippen LogP contribution >= 0.6 is 39.3 Å². The van der Waals surface area contributed by atoms with Crippen molar-refractivity contribution in [2.45, 2.75) is 36.9 Å². The van der Waals surface area contributed by atoms with Gasteiger partial charge in [0, 0.05) is 39.6 Å². The first kappa shape index (κ1) is 16.6. The van der Waals surface area contributed by atoms with Gasteiger partial charge in [0.15, 0.2) is 0 Å². The highest BCUT2D eigenvalue weighted by molar-refractivity contribution is 9.10. The fourth-order valence-electron chi connectivity index (χ4n) is 2.70. The fraction of sp³-hybridized carbons (Fsp3) is 0.600. The maximum Gasteiger partial charge on any atom is 0.0816 e. The Morgan fingerprint density at radius 1 is 1.40 bits per heavy atom. The van der Waals surface area contributed by atoms with Gasteiger partial charge in [0.2, 0.25) is 0 Å². The minimum absolute atomic E-state index is 0.490. The molecule has 2 rings (SSSR count). The lowest BCUT2D eigenvalue weighted by Gasteiger charge is -2.35. The highest BCUT2D eigenvalue weighted by Crippen LogP contribution is 2.29. The molecular weight excluding hydrogens is 358 g/mol. The van der Waals surface area contributed by atoms with Crippen molar-refractivity contribution >= 4 is 39.3 Å². The van der Waals surface area contributed by atoms with Crippen LogP contribution in [0.5, 0.6) is 0 Å². The summed E-state index contributed by atoms with van der Waals surface area (Å²) in [5, 5.41) is 12.3. The standard InChI is InChI=1S/C15H21BrClNOS/c1-10-8-18(9-11(2)20-10)6-5-15(19)13-4-3-12(16)7-14(13)17/h3-4,7,10-11,15,19H,5-6,8-9H2,1-2H3. The second kappa shape index (κ2) is 7.50. The zero-order valence-electron chi connectivity index (χ0n) is 11.9. The normalized spacial score (nSPS) is 25.6. The molecule has 1 heterocycles. The predicted octanol–water partition coefficient (Wildman–Crippen LogP) is 4.35. The van der Waals surface area contributed by atoms with Crippen molar-refractivity contribution in [1.82, 2.24) is 4.90 Å². The Labute approximate surface area is 139 Å². The third kappa shape index (κ3) is 4.63. The lowest BCUT2D eigenvalue weighted by molar-refractivity contribution is 0.141. The molecule has 5 heteroatoms. The van der Waals surface area contributed by atoms with E-state index in [0.717, 1.165) is 36.1 Å². The van der Waals surface area contributed by atoms with E-state index in [4.69, 9.17) is 11.6 Å². The van der Waals surface area contributed by atoms with Crippen LogP contribution in [0.2, 0.25) is 5.02 Å². The molecule has 1 N–H and O–H groups in total. The van der Waals surface area contributed by atoms with Crippen molar-refractivity contribution in [3.8, 4) is 0 Å². The summed E-state index contributed by atoms with van der Waals surface area (Å²) in [4.78, 5) is 2.45. The molecule has 3 atom stereocenters. The van der Waals surface area contributed by atoms with E-state index in [0.29, 0.717) is 15.5 Å². The molecule has 1 aromatic carbocycles. The summed E-state index contributed by atoms with van der Waals surface area (Å²) in [5.74, 6) is 0. The smallest absolute Gasteiger partial charge is 0.0816 e. The average Bonchev–Trinajstić information content (AvgIpc) is 2.35. The van der Waals surface area contributed by atoms with Gasteiger partial charge in [-0.25, -0.2) is 0 Å². The van der Waals surface area contributed by atoms with E-state index >= 15 is 0 Å². The van der Waals surface area contributed by atoms with Crippen LogP contribution in [0, 0.1) is 0 Å². The first-order valence-corrected chi connectivity index (χ1v) is 9.08. The van der Waals surface area contributed by atoms with Crippen LogP contribution in [0.1, 0.15) is 31.9 Å². The Kier molecular flexibility index (Phi) is 6.24. The molecule has 0 bridgehead atoms. The lowest BCUT2D eigenvalue weighted by Crippen LogP contribution is -2.41. The van der Waals surface area contributed by atoms with Gasteiger partial charge in [-0.3, -0.25) is 0 Å². The Morgan fingerprint density at radius 2 is 2.05 bits per heavy atom. The molecule has 2 nitrogen and oxygen atoms in total. The van der Waals surface area contributed by atoms with Gasteiger partial charge in [0.25, 0.3) is 0 Å². The summed E-state index contributed by atoms with van der Waals surface area (Å²) in [7, 11) is 0. The van der Waals surface area contributed by atoms with Crippen LogP contribution in [0.3, 0.4) is 0 Å². The van der Waals surface area contributed by atoms with Gasteiger partial charge in [0.1, 0.15) is 0 Å². The van der Waals surface area contributed by atoms with Gasteiger partial charge in [-0.2, -0.15) is 11.8 Å². The Bertz CT molecular complexity index is 449. The van der Waals surface area contributed by atoms with E-state index < -0.39 is 6.10 Å². The number of halogens is 2. The highest BCUT2D eigenvalue weighted by Gasteiger charge is 2.23. The van der Waals surface area contributed by atoms with Gasteiger partial charge in [-0.1, -0.05) is 47.4 Å². The molecule has 0 amide bonds. The minimum atomic E-state index is -0.490. The van der Waals surface area contributed by atoms with E-state index in [1.165, 1.54) is 0 Å². The van der Waals surface area contributed by atoms with Gasteiger partial charge < -0.3 is 10.0 Å². The van der Waals surface area contributed by atoms with Crippen molar-refractivity contribution in [3.63, 3.8) is 0 Å². The monoisotopic (exact) mass is 377 g/mol. The molecule has 0 radical (unpaired) electrons. The number of aliphatic hydroxyl groups is 1. The molecule has 0 saturated carbocycles. The average molecular weight is 379 g/mol. The van der Waals surface area contributed by atoms with Crippen LogP contribution in [0.4, 0.5) is 0 Å². The SMILES string of the molecule is CC1CN(CCC(O)c2ccc(Br)cc2Cl)CC(C)S1. The summed E-state index contributed by atoms with van der Waals surface area (Å²) in [6, 6.07) is 5.66. The van der Waals surface area contributed by atoms with E-state index in [1.54, 1.807) is 0 Å². The topological polar surface area (TPSA) is 23.5 Å². The molecule has 0 aliphatic carbocycles. The van der Waals surface area contributed by atoms with E-state index in [2.05, 4.69) is 34.7 Å². The van der Waals surface area contributed by atoms with Crippen LogP contribution in [-0.4, -0.2) is 40.1 Å². The summed E-state index contributed by atoms with van der Waals surface area (Å²) < 4.78 is 0.939. The van der Waals surface area contributed by atoms with Gasteiger partial charge in [0.05, 0.1) is 6.10 Å². The zero-order valence-corrected chi connectivity index (χ0v) is 15.0. The van der Waals surface area contributed by atoms with Crippen LogP contribution in [-0.2, 0) is 0 Å². The minimum Gasteiger partial charge on any atom is -0.388 e. The summed E-state index contributed by atoms with van der Waals surface area (Å²) >= 11 is 11.6. The number of aliphatic hydroxyl groups excluding tert-OH is 1. The molecule has 20 heavy (non-hydrogen) atoms. The third-order valence-corrected chi connectivity index (χ3v) is 5.58. The van der Waals surface area contributed by atoms with Crippen molar-refractivity contribution in [2.75, 3.05) is 19.6 Å². The van der Waals surface area contributed by atoms with Gasteiger partial charge in [-0.05, 0) is 24.1 Å². The van der Waals surface area contributed by atoms with E-state index in [1.807, 2.05) is 30.0 Å². The number of benzene rings is 1. The van der Waals surface area contributed by atoms with Crippen LogP contribution in [0.25, 0.3) is 0 Å². The van der Waals surface area contributed by atoms with Crippen LogP contribution in [0.15, 0.2) is 22.7 Å². The molecule has 1 aliphatic rings. The molecule has 1 fully saturated rings. The van der Waals surface area contributed by atoms with Gasteiger partial charge in [-0.15, -0.1) is 0 Å². The molecule has 1 aliphatic heterocycles. The van der Waals surface area contributed by atoms with Crippen molar-refractivity contribution in [1.29, 1.82) is 0 Å². The number of rotatable bonds is 4. The first-order chi connectivity index (χ1) is 9.45. The van der Waals surface area contributed by atoms with E-state index in [9.17, 15) is 5.11 Å². The maximum absolute atomic E-state index is 10.3. The first-order valence-electron chi connectivity index (χ1n) is 6.96. The fourth-order valence-corrected chi connectivity index (χ4v) is 4.89. The van der Waals surface area contributed by atoms with Crippen molar-refractivity contribution in [2.24, 2.45) is 0 Å². The Balaban J connectivity index is 1.90. The number of hydrogen-bond acceptors (Lipinski definition) is 3. The Hall–Kier alpha value is 0.260. The summed E-state index contributed by atoms with van der Waals surface area (Å²) in [6.07, 6.45) is 0.238. The summed E-state index contributed by atoms with van der Waals surface area (Å²) in [6.45, 7) is 7.68. The van der Waals surface area contributed by atoms with Gasteiger partial charge >= 0.3 is 0 Å².